The fourth-order valence-corrected chi connectivity index (χ4v) is 3.08. The molecule has 0 bridgehead atoms. The van der Waals surface area contributed by atoms with Gasteiger partial charge in [0.05, 0.1) is 24.0 Å². The normalized spacial score (nSPS) is 15.6. The Morgan fingerprint density at radius 3 is 2.96 bits per heavy atom. The van der Waals surface area contributed by atoms with E-state index in [0.29, 0.717) is 29.6 Å². The van der Waals surface area contributed by atoms with Gasteiger partial charge in [-0.05, 0) is 31.2 Å². The maximum atomic E-state index is 11.0. The minimum absolute atomic E-state index is 0.168. The first-order valence-corrected chi connectivity index (χ1v) is 8.46. The second-order valence-electron chi connectivity index (χ2n) is 6.18. The number of ether oxygens (including phenoxy) is 1. The molecule has 7 nitrogen and oxygen atoms in total. The number of fused-ring (bicyclic) bond motifs is 1. The number of primary amides is 1. The lowest BCUT2D eigenvalue weighted by Crippen LogP contribution is -2.33. The Balaban J connectivity index is 1.74. The molecule has 25 heavy (non-hydrogen) atoms. The topological polar surface area (TPSA) is 93.6 Å². The number of benzene rings is 1. The molecule has 0 aliphatic carbocycles. The van der Waals surface area contributed by atoms with E-state index in [-0.39, 0.29) is 6.61 Å². The fourth-order valence-electron chi connectivity index (χ4n) is 2.88. The molecule has 1 aromatic heterocycles. The molecule has 2 heterocycles. The zero-order valence-corrected chi connectivity index (χ0v) is 14.7. The van der Waals surface area contributed by atoms with Crippen LogP contribution in [0.15, 0.2) is 24.3 Å². The van der Waals surface area contributed by atoms with Crippen LogP contribution in [0.3, 0.4) is 0 Å². The molecule has 1 aliphatic heterocycles. The molecule has 134 valence electrons. The molecule has 1 atom stereocenters. The lowest BCUT2D eigenvalue weighted by Gasteiger charge is -2.28. The van der Waals surface area contributed by atoms with Crippen molar-refractivity contribution < 1.29 is 14.6 Å². The Kier molecular flexibility index (Phi) is 5.27. The highest BCUT2D eigenvalue weighted by Gasteiger charge is 2.21. The van der Waals surface area contributed by atoms with Crippen LogP contribution in [0.2, 0.25) is 5.02 Å². The fraction of sp³-hybridized carbons (Fsp3) is 0.412. The average molecular weight is 365 g/mol. The van der Waals surface area contributed by atoms with Crippen LogP contribution < -0.4 is 10.5 Å². The molecule has 0 saturated carbocycles. The number of aliphatic hydroxyl groups excluding tert-OH is 1. The number of nitrogens with zero attached hydrogens (tertiary/aromatic N) is 3. The van der Waals surface area contributed by atoms with Gasteiger partial charge < -0.3 is 15.6 Å². The van der Waals surface area contributed by atoms with E-state index in [1.54, 1.807) is 19.1 Å². The standard InChI is InChI=1S/C17H21ClN4O3/c1-11(23)15-7-14-9-21(4-5-22(14)20-15)8-12-6-13(18)2-3-16(12)25-10-17(19)24/h2-3,6-7,11,23H,4-5,8-10H2,1H3,(H2,19,24)/t11-/m0/s1. The van der Waals surface area contributed by atoms with Crippen LogP contribution in [-0.2, 0) is 24.4 Å². The summed E-state index contributed by atoms with van der Waals surface area (Å²) in [6, 6.07) is 7.24. The third-order valence-electron chi connectivity index (χ3n) is 4.11. The highest BCUT2D eigenvalue weighted by atomic mass is 35.5. The Morgan fingerprint density at radius 2 is 2.24 bits per heavy atom. The molecule has 0 fully saturated rings. The number of hydrogen-bond acceptors (Lipinski definition) is 5. The van der Waals surface area contributed by atoms with Gasteiger partial charge in [-0.3, -0.25) is 14.4 Å². The van der Waals surface area contributed by atoms with Gasteiger partial charge in [0.1, 0.15) is 5.75 Å². The lowest BCUT2D eigenvalue weighted by molar-refractivity contribution is -0.119. The summed E-state index contributed by atoms with van der Waals surface area (Å²) in [5.74, 6) is 0.0837. The molecule has 2 aromatic rings. The van der Waals surface area contributed by atoms with Gasteiger partial charge in [0.25, 0.3) is 5.91 Å². The number of aromatic nitrogens is 2. The maximum Gasteiger partial charge on any atom is 0.255 e. The summed E-state index contributed by atoms with van der Waals surface area (Å²) in [4.78, 5) is 13.2. The number of aliphatic hydroxyl groups is 1. The highest BCUT2D eigenvalue weighted by molar-refractivity contribution is 6.30. The molecule has 1 aromatic carbocycles. The van der Waals surface area contributed by atoms with Gasteiger partial charge in [0, 0.05) is 30.2 Å². The van der Waals surface area contributed by atoms with E-state index >= 15 is 0 Å². The Bertz CT molecular complexity index is 775. The van der Waals surface area contributed by atoms with Crippen LogP contribution in [0.1, 0.15) is 30.0 Å². The first kappa shape index (κ1) is 17.7. The molecular formula is C17H21ClN4O3. The van der Waals surface area contributed by atoms with E-state index in [9.17, 15) is 9.90 Å². The van der Waals surface area contributed by atoms with Crippen LogP contribution >= 0.6 is 11.6 Å². The Labute approximate surface area is 150 Å². The van der Waals surface area contributed by atoms with Gasteiger partial charge in [-0.25, -0.2) is 0 Å². The average Bonchev–Trinajstić information content (AvgIpc) is 2.97. The molecule has 1 amide bonds. The molecule has 0 radical (unpaired) electrons. The summed E-state index contributed by atoms with van der Waals surface area (Å²) in [5, 5.41) is 14.7. The number of rotatable bonds is 6. The summed E-state index contributed by atoms with van der Waals surface area (Å²) in [6.07, 6.45) is -0.576. The van der Waals surface area contributed by atoms with Crippen LogP contribution in [0.5, 0.6) is 5.75 Å². The van der Waals surface area contributed by atoms with Crippen LogP contribution in [0.25, 0.3) is 0 Å². The van der Waals surface area contributed by atoms with E-state index in [1.165, 1.54) is 0 Å². The number of nitrogens with two attached hydrogens (primary N) is 1. The Morgan fingerprint density at radius 1 is 1.44 bits per heavy atom. The zero-order chi connectivity index (χ0) is 18.0. The molecule has 0 unspecified atom stereocenters. The van der Waals surface area contributed by atoms with Crippen molar-refractivity contribution in [1.29, 1.82) is 0 Å². The van der Waals surface area contributed by atoms with Crippen molar-refractivity contribution in [3.8, 4) is 5.75 Å². The second kappa shape index (κ2) is 7.43. The van der Waals surface area contributed by atoms with Crippen molar-refractivity contribution in [1.82, 2.24) is 14.7 Å². The Hall–Kier alpha value is -2.09. The molecule has 3 N–H and O–H groups in total. The first-order valence-electron chi connectivity index (χ1n) is 8.09. The van der Waals surface area contributed by atoms with Gasteiger partial charge in [0.15, 0.2) is 6.61 Å². The molecular weight excluding hydrogens is 344 g/mol. The summed E-state index contributed by atoms with van der Waals surface area (Å²) in [6.45, 7) is 4.45. The third-order valence-corrected chi connectivity index (χ3v) is 4.35. The minimum Gasteiger partial charge on any atom is -0.483 e. The predicted molar refractivity (Wildman–Crippen MR) is 93.1 cm³/mol. The number of amides is 1. The number of carbonyl (C=O) groups excluding carboxylic acids is 1. The van der Waals surface area contributed by atoms with E-state index in [1.807, 2.05) is 16.8 Å². The molecule has 1 aliphatic rings. The largest absolute Gasteiger partial charge is 0.483 e. The summed E-state index contributed by atoms with van der Waals surface area (Å²) in [7, 11) is 0. The van der Waals surface area contributed by atoms with Crippen molar-refractivity contribution in [3.63, 3.8) is 0 Å². The van der Waals surface area contributed by atoms with Crippen molar-refractivity contribution in [2.45, 2.75) is 32.7 Å². The number of carbonyl (C=O) groups is 1. The molecule has 0 spiro atoms. The highest BCUT2D eigenvalue weighted by Crippen LogP contribution is 2.26. The zero-order valence-electron chi connectivity index (χ0n) is 14.0. The van der Waals surface area contributed by atoms with Crippen LogP contribution in [0, 0.1) is 0 Å². The maximum absolute atomic E-state index is 11.0. The van der Waals surface area contributed by atoms with E-state index in [0.717, 1.165) is 24.3 Å². The van der Waals surface area contributed by atoms with Crippen molar-refractivity contribution in [2.24, 2.45) is 5.73 Å². The summed E-state index contributed by atoms with van der Waals surface area (Å²) >= 11 is 6.11. The van der Waals surface area contributed by atoms with E-state index in [4.69, 9.17) is 22.1 Å². The van der Waals surface area contributed by atoms with Crippen molar-refractivity contribution in [2.75, 3.05) is 13.2 Å². The van der Waals surface area contributed by atoms with Gasteiger partial charge in [-0.1, -0.05) is 11.6 Å². The molecule has 3 rings (SSSR count). The third kappa shape index (κ3) is 4.31. The van der Waals surface area contributed by atoms with Crippen LogP contribution in [-0.4, -0.2) is 38.8 Å². The SMILES string of the molecule is C[C@H](O)c1cc2n(n1)CCN(Cc1cc(Cl)ccc1OCC(N)=O)C2. The summed E-state index contributed by atoms with van der Waals surface area (Å²) < 4.78 is 7.42. The quantitative estimate of drug-likeness (QED) is 0.809. The monoisotopic (exact) mass is 364 g/mol. The predicted octanol–water partition coefficient (Wildman–Crippen LogP) is 1.47. The number of halogens is 1. The van der Waals surface area contributed by atoms with Gasteiger partial charge in [-0.2, -0.15) is 5.10 Å². The number of hydrogen-bond donors (Lipinski definition) is 2. The van der Waals surface area contributed by atoms with Gasteiger partial charge >= 0.3 is 0 Å². The van der Waals surface area contributed by atoms with Gasteiger partial charge in [-0.15, -0.1) is 0 Å². The minimum atomic E-state index is -0.576. The van der Waals surface area contributed by atoms with E-state index in [2.05, 4.69) is 10.00 Å². The smallest absolute Gasteiger partial charge is 0.255 e. The van der Waals surface area contributed by atoms with Crippen LogP contribution in [0.4, 0.5) is 0 Å². The first-order chi connectivity index (χ1) is 11.9. The second-order valence-corrected chi connectivity index (χ2v) is 6.61. The van der Waals surface area contributed by atoms with Crippen molar-refractivity contribution >= 4 is 17.5 Å². The molecule has 8 heteroatoms. The van der Waals surface area contributed by atoms with Crippen molar-refractivity contribution in [3.05, 3.63) is 46.2 Å². The van der Waals surface area contributed by atoms with Gasteiger partial charge in [0.2, 0.25) is 0 Å². The lowest BCUT2D eigenvalue weighted by atomic mass is 10.1. The summed E-state index contributed by atoms with van der Waals surface area (Å²) in [5.41, 5.74) is 7.80. The van der Waals surface area contributed by atoms with E-state index < -0.39 is 12.0 Å². The molecule has 0 saturated heterocycles.